The van der Waals surface area contributed by atoms with Crippen molar-refractivity contribution < 1.29 is 9.18 Å². The number of amides is 1. The molecule has 150 valence electrons. The van der Waals surface area contributed by atoms with Crippen LogP contribution in [0.4, 0.5) is 4.39 Å². The van der Waals surface area contributed by atoms with Gasteiger partial charge in [-0.1, -0.05) is 30.3 Å². The van der Waals surface area contributed by atoms with E-state index in [4.69, 9.17) is 0 Å². The summed E-state index contributed by atoms with van der Waals surface area (Å²) in [5, 5.41) is 10.8. The number of nitrogens with one attached hydrogen (secondary N) is 2. The first-order valence-corrected chi connectivity index (χ1v) is 9.66. The molecule has 0 radical (unpaired) electrons. The second kappa shape index (κ2) is 7.97. The summed E-state index contributed by atoms with van der Waals surface area (Å²) in [6, 6.07) is 12.8. The number of fused-ring (bicyclic) bond motifs is 2. The number of carbonyl (C=O) groups excluding carboxylic acids is 1. The fourth-order valence-electron chi connectivity index (χ4n) is 4.17. The fraction of sp³-hybridized carbons (Fsp3) is 0.273. The Labute approximate surface area is 174 Å². The number of hydrogen-bond donors (Lipinski definition) is 2. The van der Waals surface area contributed by atoms with Gasteiger partial charge in [-0.25, -0.2) is 9.07 Å². The molecule has 1 aliphatic carbocycles. The zero-order chi connectivity index (χ0) is 19.1. The summed E-state index contributed by atoms with van der Waals surface area (Å²) in [4.78, 5) is 12.8. The van der Waals surface area contributed by atoms with Crippen molar-refractivity contribution in [2.45, 2.75) is 38.9 Å². The molecule has 0 saturated carbocycles. The molecule has 2 aliphatic rings. The lowest BCUT2D eigenvalue weighted by Crippen LogP contribution is -2.24. The van der Waals surface area contributed by atoms with Crippen LogP contribution in [0.1, 0.15) is 44.9 Å². The highest BCUT2D eigenvalue weighted by molar-refractivity contribution is 5.94. The molecule has 1 aliphatic heterocycles. The van der Waals surface area contributed by atoms with Crippen LogP contribution in [0.5, 0.6) is 0 Å². The third-order valence-corrected chi connectivity index (χ3v) is 5.58. The predicted octanol–water partition coefficient (Wildman–Crippen LogP) is 3.46. The fourth-order valence-corrected chi connectivity index (χ4v) is 4.17. The smallest absolute Gasteiger partial charge is 0.272 e. The van der Waals surface area contributed by atoms with Gasteiger partial charge >= 0.3 is 0 Å². The standard InChI is InChI=1S/C22H21FN4O.ClH/c23-18-5-1-2-6-20(18)27-19-7-3-4-17(19)21(26-27)22(28)25-11-14-8-9-15-12-24-13-16(15)10-14;/h1-2,5-6,8-10,24H,3-4,7,11-13H2,(H,25,28);1H. The van der Waals surface area contributed by atoms with E-state index in [2.05, 4.69) is 33.9 Å². The Balaban J connectivity index is 0.00000205. The van der Waals surface area contributed by atoms with Crippen LogP contribution in [0.2, 0.25) is 0 Å². The van der Waals surface area contributed by atoms with E-state index in [1.54, 1.807) is 22.9 Å². The monoisotopic (exact) mass is 412 g/mol. The van der Waals surface area contributed by atoms with Gasteiger partial charge < -0.3 is 10.6 Å². The molecule has 5 rings (SSSR count). The van der Waals surface area contributed by atoms with Crippen LogP contribution >= 0.6 is 12.4 Å². The van der Waals surface area contributed by atoms with Gasteiger partial charge in [0.05, 0.1) is 0 Å². The third kappa shape index (κ3) is 3.54. The topological polar surface area (TPSA) is 59.0 Å². The Bertz CT molecular complexity index is 1080. The van der Waals surface area contributed by atoms with Crippen LogP contribution in [0.15, 0.2) is 42.5 Å². The first-order chi connectivity index (χ1) is 13.7. The number of halogens is 2. The van der Waals surface area contributed by atoms with E-state index in [-0.39, 0.29) is 24.1 Å². The highest BCUT2D eigenvalue weighted by Gasteiger charge is 2.27. The molecule has 0 atom stereocenters. The van der Waals surface area contributed by atoms with E-state index < -0.39 is 0 Å². The van der Waals surface area contributed by atoms with E-state index in [1.807, 2.05) is 0 Å². The van der Waals surface area contributed by atoms with Gasteiger partial charge in [0, 0.05) is 30.9 Å². The molecule has 5 nitrogen and oxygen atoms in total. The second-order valence-electron chi connectivity index (χ2n) is 7.38. The Morgan fingerprint density at radius 3 is 2.83 bits per heavy atom. The molecule has 0 spiro atoms. The lowest BCUT2D eigenvalue weighted by molar-refractivity contribution is 0.0944. The van der Waals surface area contributed by atoms with Gasteiger partial charge in [0.15, 0.2) is 5.69 Å². The molecule has 2 heterocycles. The Kier molecular flexibility index (Phi) is 5.39. The summed E-state index contributed by atoms with van der Waals surface area (Å²) in [6.07, 6.45) is 2.57. The van der Waals surface area contributed by atoms with Gasteiger partial charge in [-0.3, -0.25) is 4.79 Å². The number of carbonyl (C=O) groups is 1. The molecule has 2 N–H and O–H groups in total. The van der Waals surface area contributed by atoms with Crippen molar-refractivity contribution in [2.75, 3.05) is 0 Å². The molecule has 2 aromatic carbocycles. The van der Waals surface area contributed by atoms with Crippen LogP contribution in [0.25, 0.3) is 5.69 Å². The molecule has 1 aromatic heterocycles. The van der Waals surface area contributed by atoms with E-state index in [0.29, 0.717) is 17.9 Å². The Hall–Kier alpha value is -2.70. The van der Waals surface area contributed by atoms with Crippen molar-refractivity contribution in [1.29, 1.82) is 0 Å². The summed E-state index contributed by atoms with van der Waals surface area (Å²) in [6.45, 7) is 2.23. The maximum absolute atomic E-state index is 14.3. The summed E-state index contributed by atoms with van der Waals surface area (Å²) in [5.41, 5.74) is 6.37. The van der Waals surface area contributed by atoms with Crippen LogP contribution in [0, 0.1) is 5.82 Å². The maximum Gasteiger partial charge on any atom is 0.272 e. The lowest BCUT2D eigenvalue weighted by atomic mass is 10.1. The average Bonchev–Trinajstić information content (AvgIpc) is 3.42. The van der Waals surface area contributed by atoms with Crippen molar-refractivity contribution >= 4 is 18.3 Å². The second-order valence-corrected chi connectivity index (χ2v) is 7.38. The third-order valence-electron chi connectivity index (χ3n) is 5.58. The van der Waals surface area contributed by atoms with Crippen molar-refractivity contribution in [3.63, 3.8) is 0 Å². The van der Waals surface area contributed by atoms with Crippen LogP contribution in [-0.4, -0.2) is 15.7 Å². The minimum Gasteiger partial charge on any atom is -0.347 e. The van der Waals surface area contributed by atoms with Crippen molar-refractivity contribution in [2.24, 2.45) is 0 Å². The number of para-hydroxylation sites is 1. The zero-order valence-corrected chi connectivity index (χ0v) is 16.7. The summed E-state index contributed by atoms with van der Waals surface area (Å²) in [5.74, 6) is -0.537. The molecule has 0 saturated heterocycles. The maximum atomic E-state index is 14.3. The molecule has 0 fully saturated rings. The Morgan fingerprint density at radius 2 is 1.97 bits per heavy atom. The van der Waals surface area contributed by atoms with Crippen molar-refractivity contribution in [1.82, 2.24) is 20.4 Å². The highest BCUT2D eigenvalue weighted by atomic mass is 35.5. The summed E-state index contributed by atoms with van der Waals surface area (Å²) >= 11 is 0. The van der Waals surface area contributed by atoms with Crippen molar-refractivity contribution in [3.8, 4) is 5.69 Å². The first kappa shape index (κ1) is 19.6. The van der Waals surface area contributed by atoms with Crippen molar-refractivity contribution in [3.05, 3.63) is 81.9 Å². The highest BCUT2D eigenvalue weighted by Crippen LogP contribution is 2.28. The molecule has 0 unspecified atom stereocenters. The van der Waals surface area contributed by atoms with Gasteiger partial charge in [-0.15, -0.1) is 12.4 Å². The predicted molar refractivity (Wildman–Crippen MR) is 111 cm³/mol. The molecule has 3 aromatic rings. The molecular weight excluding hydrogens is 391 g/mol. The first-order valence-electron chi connectivity index (χ1n) is 9.66. The SMILES string of the molecule is Cl.O=C(NCc1ccc2c(c1)CNC2)c1nn(-c2ccccc2F)c2c1CCC2. The van der Waals surface area contributed by atoms with Gasteiger partial charge in [0.2, 0.25) is 0 Å². The summed E-state index contributed by atoms with van der Waals surface area (Å²) < 4.78 is 15.9. The zero-order valence-electron chi connectivity index (χ0n) is 15.9. The lowest BCUT2D eigenvalue weighted by Gasteiger charge is -2.07. The molecule has 1 amide bonds. The van der Waals surface area contributed by atoms with E-state index >= 15 is 0 Å². The number of hydrogen-bond acceptors (Lipinski definition) is 3. The van der Waals surface area contributed by atoms with Crippen LogP contribution in [0.3, 0.4) is 0 Å². The van der Waals surface area contributed by atoms with E-state index in [0.717, 1.165) is 49.2 Å². The molecule has 29 heavy (non-hydrogen) atoms. The summed E-state index contributed by atoms with van der Waals surface area (Å²) in [7, 11) is 0. The molecule has 0 bridgehead atoms. The molecule has 7 heteroatoms. The number of rotatable bonds is 4. The number of benzene rings is 2. The minimum atomic E-state index is -0.335. The van der Waals surface area contributed by atoms with Gasteiger partial charge in [0.1, 0.15) is 11.5 Å². The Morgan fingerprint density at radius 1 is 1.14 bits per heavy atom. The van der Waals surface area contributed by atoms with Crippen LogP contribution < -0.4 is 10.6 Å². The van der Waals surface area contributed by atoms with E-state index in [1.165, 1.54) is 17.2 Å². The average molecular weight is 413 g/mol. The van der Waals surface area contributed by atoms with Crippen LogP contribution in [-0.2, 0) is 32.5 Å². The van der Waals surface area contributed by atoms with Gasteiger partial charge in [-0.2, -0.15) is 5.10 Å². The minimum absolute atomic E-state index is 0. The quantitative estimate of drug-likeness (QED) is 0.690. The number of nitrogens with zero attached hydrogens (tertiary/aromatic N) is 2. The normalized spacial score (nSPS) is 14.2. The van der Waals surface area contributed by atoms with E-state index in [9.17, 15) is 9.18 Å². The number of aromatic nitrogens is 2. The van der Waals surface area contributed by atoms with Gasteiger partial charge in [0.25, 0.3) is 5.91 Å². The molecular formula is C22H22ClFN4O. The largest absolute Gasteiger partial charge is 0.347 e. The van der Waals surface area contributed by atoms with Gasteiger partial charge in [-0.05, 0) is 48.1 Å².